The smallest absolute Gasteiger partial charge is 0.143 e. The average Bonchev–Trinajstić information content (AvgIpc) is 2.88. The van der Waals surface area contributed by atoms with E-state index in [1.165, 1.54) is 5.56 Å². The van der Waals surface area contributed by atoms with Crippen LogP contribution in [0.15, 0.2) is 29.0 Å². The minimum atomic E-state index is -0.151. The van der Waals surface area contributed by atoms with E-state index in [1.54, 1.807) is 6.33 Å². The van der Waals surface area contributed by atoms with Crippen LogP contribution in [0.25, 0.3) is 0 Å². The molecule has 0 amide bonds. The Bertz CT molecular complexity index is 753. The molecular formula is C17H20BrN5. The van der Waals surface area contributed by atoms with Crippen molar-refractivity contribution in [2.24, 2.45) is 13.0 Å². The van der Waals surface area contributed by atoms with Crippen LogP contribution in [0.4, 0.5) is 5.69 Å². The highest BCUT2D eigenvalue weighted by molar-refractivity contribution is 9.10. The highest BCUT2D eigenvalue weighted by Gasteiger charge is 2.49. The number of aromatic nitrogens is 3. The van der Waals surface area contributed by atoms with E-state index in [4.69, 9.17) is 5.26 Å². The van der Waals surface area contributed by atoms with Crippen LogP contribution < -0.4 is 4.90 Å². The summed E-state index contributed by atoms with van der Waals surface area (Å²) in [6, 6.07) is 8.81. The van der Waals surface area contributed by atoms with Gasteiger partial charge in [-0.3, -0.25) is 0 Å². The van der Waals surface area contributed by atoms with E-state index in [2.05, 4.69) is 55.3 Å². The number of rotatable bonds is 4. The van der Waals surface area contributed by atoms with E-state index in [1.807, 2.05) is 25.7 Å². The second-order valence-electron chi connectivity index (χ2n) is 6.58. The van der Waals surface area contributed by atoms with E-state index in [-0.39, 0.29) is 5.41 Å². The zero-order chi connectivity index (χ0) is 16.6. The number of halogens is 1. The molecular weight excluding hydrogens is 354 g/mol. The van der Waals surface area contributed by atoms with Gasteiger partial charge in [0.15, 0.2) is 0 Å². The van der Waals surface area contributed by atoms with Gasteiger partial charge in [-0.15, -0.1) is 10.2 Å². The van der Waals surface area contributed by atoms with Crippen molar-refractivity contribution in [3.05, 3.63) is 40.4 Å². The van der Waals surface area contributed by atoms with E-state index in [0.717, 1.165) is 28.8 Å². The summed E-state index contributed by atoms with van der Waals surface area (Å²) in [7, 11) is 6.07. The van der Waals surface area contributed by atoms with Gasteiger partial charge >= 0.3 is 0 Å². The maximum Gasteiger partial charge on any atom is 0.143 e. The summed E-state index contributed by atoms with van der Waals surface area (Å²) in [5, 5.41) is 17.4. The fourth-order valence-electron chi connectivity index (χ4n) is 3.57. The van der Waals surface area contributed by atoms with E-state index < -0.39 is 0 Å². The minimum Gasteiger partial charge on any atom is -0.378 e. The summed E-state index contributed by atoms with van der Waals surface area (Å²) >= 11 is 3.63. The zero-order valence-corrected chi connectivity index (χ0v) is 15.2. The lowest BCUT2D eigenvalue weighted by Gasteiger charge is -2.47. The Morgan fingerprint density at radius 3 is 2.70 bits per heavy atom. The molecule has 2 aromatic rings. The van der Waals surface area contributed by atoms with Gasteiger partial charge in [-0.25, -0.2) is 0 Å². The summed E-state index contributed by atoms with van der Waals surface area (Å²) in [6.07, 6.45) is 4.24. The molecule has 6 heteroatoms. The Labute approximate surface area is 145 Å². The molecule has 1 aliphatic rings. The standard InChI is InChI=1S/C17H20BrN5/c1-22(2)15-7-13(6-14(18)8-15)17(9-12(10-17)4-5-19)16-21-20-11-23(16)3/h6-8,11-12H,4,9-10H2,1-3H3. The first kappa shape index (κ1) is 16.0. The molecule has 120 valence electrons. The highest BCUT2D eigenvalue weighted by Crippen LogP contribution is 2.53. The first-order valence-electron chi connectivity index (χ1n) is 7.66. The van der Waals surface area contributed by atoms with Gasteiger partial charge in [0.05, 0.1) is 11.5 Å². The maximum atomic E-state index is 8.99. The molecule has 0 saturated heterocycles. The van der Waals surface area contributed by atoms with Crippen LogP contribution in [0, 0.1) is 17.2 Å². The molecule has 1 saturated carbocycles. The molecule has 1 heterocycles. The number of nitrogens with zero attached hydrogens (tertiary/aromatic N) is 5. The van der Waals surface area contributed by atoms with Crippen LogP contribution in [0.2, 0.25) is 0 Å². The Balaban J connectivity index is 2.08. The van der Waals surface area contributed by atoms with Crippen molar-refractivity contribution >= 4 is 21.6 Å². The molecule has 0 atom stereocenters. The summed E-state index contributed by atoms with van der Waals surface area (Å²) in [5.41, 5.74) is 2.24. The first-order chi connectivity index (χ1) is 11.0. The molecule has 0 bridgehead atoms. The fourth-order valence-corrected chi connectivity index (χ4v) is 4.05. The van der Waals surface area contributed by atoms with Crippen molar-refractivity contribution in [2.75, 3.05) is 19.0 Å². The Morgan fingerprint density at radius 2 is 2.13 bits per heavy atom. The maximum absolute atomic E-state index is 8.99. The summed E-state index contributed by atoms with van der Waals surface area (Å²) in [4.78, 5) is 2.10. The van der Waals surface area contributed by atoms with Crippen molar-refractivity contribution in [3.63, 3.8) is 0 Å². The molecule has 3 rings (SSSR count). The van der Waals surface area contributed by atoms with Gasteiger partial charge in [-0.05, 0) is 42.5 Å². The third-order valence-electron chi connectivity index (χ3n) is 4.75. The van der Waals surface area contributed by atoms with Crippen molar-refractivity contribution in [1.82, 2.24) is 14.8 Å². The van der Waals surface area contributed by atoms with E-state index >= 15 is 0 Å². The molecule has 1 fully saturated rings. The number of nitriles is 1. The molecule has 0 radical (unpaired) electrons. The minimum absolute atomic E-state index is 0.151. The Morgan fingerprint density at radius 1 is 1.39 bits per heavy atom. The second kappa shape index (κ2) is 5.97. The van der Waals surface area contributed by atoms with Crippen molar-refractivity contribution in [1.29, 1.82) is 5.26 Å². The third-order valence-corrected chi connectivity index (χ3v) is 5.20. The average molecular weight is 374 g/mol. The lowest BCUT2D eigenvalue weighted by Crippen LogP contribution is -2.44. The third kappa shape index (κ3) is 2.74. The topological polar surface area (TPSA) is 57.7 Å². The van der Waals surface area contributed by atoms with Crippen molar-refractivity contribution in [3.8, 4) is 6.07 Å². The zero-order valence-electron chi connectivity index (χ0n) is 13.6. The largest absolute Gasteiger partial charge is 0.378 e. The quantitative estimate of drug-likeness (QED) is 0.825. The van der Waals surface area contributed by atoms with Crippen LogP contribution in [0.1, 0.15) is 30.7 Å². The highest BCUT2D eigenvalue weighted by atomic mass is 79.9. The summed E-state index contributed by atoms with van der Waals surface area (Å²) in [5.74, 6) is 1.41. The predicted molar refractivity (Wildman–Crippen MR) is 93.2 cm³/mol. The fraction of sp³-hybridized carbons (Fsp3) is 0.471. The van der Waals surface area contributed by atoms with Gasteiger partial charge in [0.1, 0.15) is 12.2 Å². The molecule has 23 heavy (non-hydrogen) atoms. The van der Waals surface area contributed by atoms with Gasteiger partial charge < -0.3 is 9.47 Å². The molecule has 0 unspecified atom stereocenters. The molecule has 0 spiro atoms. The summed E-state index contributed by atoms with van der Waals surface area (Å²) in [6.45, 7) is 0. The first-order valence-corrected chi connectivity index (χ1v) is 8.45. The molecule has 5 nitrogen and oxygen atoms in total. The Hall–Kier alpha value is -1.87. The normalized spacial score (nSPS) is 23.2. The monoisotopic (exact) mass is 373 g/mol. The summed E-state index contributed by atoms with van der Waals surface area (Å²) < 4.78 is 3.06. The van der Waals surface area contributed by atoms with Crippen LogP contribution in [-0.4, -0.2) is 28.9 Å². The molecule has 1 aromatic carbocycles. The van der Waals surface area contributed by atoms with Crippen molar-refractivity contribution < 1.29 is 0 Å². The van der Waals surface area contributed by atoms with Gasteiger partial charge in [-0.2, -0.15) is 5.26 Å². The predicted octanol–water partition coefficient (Wildman–Crippen LogP) is 3.25. The SMILES string of the molecule is CN(C)c1cc(Br)cc(C2(c3nncn3C)CC(CC#N)C2)c1. The van der Waals surface area contributed by atoms with Crippen molar-refractivity contribution in [2.45, 2.75) is 24.7 Å². The van der Waals surface area contributed by atoms with Gasteiger partial charge in [0.2, 0.25) is 0 Å². The second-order valence-corrected chi connectivity index (χ2v) is 7.49. The Kier molecular flexibility index (Phi) is 4.15. The molecule has 0 N–H and O–H groups in total. The van der Waals surface area contributed by atoms with Gasteiger partial charge in [0.25, 0.3) is 0 Å². The molecule has 0 aliphatic heterocycles. The number of hydrogen-bond donors (Lipinski definition) is 0. The van der Waals surface area contributed by atoms with Gasteiger partial charge in [0, 0.05) is 37.7 Å². The van der Waals surface area contributed by atoms with Gasteiger partial charge in [-0.1, -0.05) is 15.9 Å². The number of benzene rings is 1. The van der Waals surface area contributed by atoms with Crippen LogP contribution >= 0.6 is 15.9 Å². The number of anilines is 1. The number of hydrogen-bond acceptors (Lipinski definition) is 4. The molecule has 1 aromatic heterocycles. The van der Waals surface area contributed by atoms with E-state index in [9.17, 15) is 0 Å². The van der Waals surface area contributed by atoms with E-state index in [0.29, 0.717) is 12.3 Å². The lowest BCUT2D eigenvalue weighted by atomic mass is 9.57. The van der Waals surface area contributed by atoms with Crippen LogP contribution in [-0.2, 0) is 12.5 Å². The van der Waals surface area contributed by atoms with Crippen LogP contribution in [0.3, 0.4) is 0 Å². The lowest BCUT2D eigenvalue weighted by molar-refractivity contribution is 0.172. The van der Waals surface area contributed by atoms with Crippen LogP contribution in [0.5, 0.6) is 0 Å². The molecule has 1 aliphatic carbocycles. The number of aryl methyl sites for hydroxylation is 1.